The zero-order valence-electron chi connectivity index (χ0n) is 17.9. The average molecular weight is 441 g/mol. The number of amides is 1. The molecule has 2 heterocycles. The average Bonchev–Trinajstić information content (AvgIpc) is 3.18. The Morgan fingerprint density at radius 1 is 1.09 bits per heavy atom. The maximum Gasteiger partial charge on any atom is 0.453 e. The van der Waals surface area contributed by atoms with E-state index in [0.29, 0.717) is 23.4 Å². The lowest BCUT2D eigenvalue weighted by atomic mass is 10.0. The molecule has 0 spiro atoms. The number of hydrogen-bond donors (Lipinski definition) is 1. The summed E-state index contributed by atoms with van der Waals surface area (Å²) < 4.78 is 39.9. The highest BCUT2D eigenvalue weighted by molar-refractivity contribution is 5.83. The maximum absolute atomic E-state index is 12.9. The van der Waals surface area contributed by atoms with Crippen LogP contribution in [-0.4, -0.2) is 25.5 Å². The van der Waals surface area contributed by atoms with Gasteiger partial charge in [0.05, 0.1) is 6.04 Å². The third-order valence-corrected chi connectivity index (χ3v) is 5.56. The molecule has 9 heteroatoms. The molecule has 0 saturated heterocycles. The summed E-state index contributed by atoms with van der Waals surface area (Å²) in [5, 5.41) is 8.76. The Bertz CT molecular complexity index is 1310. The molecule has 4 rings (SSSR count). The Hall–Kier alpha value is -3.49. The molecule has 1 N–H and O–H groups in total. The normalized spacial score (nSPS) is 12.9. The number of aryl methyl sites for hydroxylation is 2. The lowest BCUT2D eigenvalue weighted by Crippen LogP contribution is -2.27. The van der Waals surface area contributed by atoms with Gasteiger partial charge in [-0.05, 0) is 55.2 Å². The standard InChI is InChI=1S/C23H22F3N5O/c1-13(17-9-8-16-6-4-5-7-18(16)12-17)27-20(32)11-10-19-14(2)28-22-29-21(23(24,25)26)30-31(22)15(19)3/h4-9,12-13H,10-11H2,1-3H3,(H,27,32). The summed E-state index contributed by atoms with van der Waals surface area (Å²) in [7, 11) is 0. The molecular weight excluding hydrogens is 419 g/mol. The number of nitrogens with zero attached hydrogens (tertiary/aromatic N) is 4. The van der Waals surface area contributed by atoms with Gasteiger partial charge in [-0.25, -0.2) is 9.50 Å². The first kappa shape index (κ1) is 21.7. The van der Waals surface area contributed by atoms with Crippen LogP contribution in [0.15, 0.2) is 42.5 Å². The molecule has 0 saturated carbocycles. The Morgan fingerprint density at radius 2 is 1.81 bits per heavy atom. The second-order valence-electron chi connectivity index (χ2n) is 7.80. The van der Waals surface area contributed by atoms with E-state index >= 15 is 0 Å². The van der Waals surface area contributed by atoms with Crippen LogP contribution >= 0.6 is 0 Å². The lowest BCUT2D eigenvalue weighted by molar-refractivity contribution is -0.144. The van der Waals surface area contributed by atoms with Gasteiger partial charge in [-0.15, -0.1) is 5.10 Å². The minimum Gasteiger partial charge on any atom is -0.350 e. The van der Waals surface area contributed by atoms with Gasteiger partial charge < -0.3 is 5.32 Å². The van der Waals surface area contributed by atoms with Gasteiger partial charge in [0, 0.05) is 17.8 Å². The molecule has 0 radical (unpaired) electrons. The van der Waals surface area contributed by atoms with E-state index in [0.717, 1.165) is 20.9 Å². The van der Waals surface area contributed by atoms with Crippen molar-refractivity contribution in [3.8, 4) is 0 Å². The van der Waals surface area contributed by atoms with Gasteiger partial charge in [0.25, 0.3) is 11.6 Å². The fourth-order valence-corrected chi connectivity index (χ4v) is 3.80. The Balaban J connectivity index is 1.47. The first-order chi connectivity index (χ1) is 15.1. The summed E-state index contributed by atoms with van der Waals surface area (Å²) in [6, 6.07) is 13.9. The third-order valence-electron chi connectivity index (χ3n) is 5.56. The van der Waals surface area contributed by atoms with Gasteiger partial charge in [-0.1, -0.05) is 36.4 Å². The molecule has 0 fully saturated rings. The smallest absolute Gasteiger partial charge is 0.350 e. The predicted octanol–water partition coefficient (Wildman–Crippen LogP) is 4.72. The number of fused-ring (bicyclic) bond motifs is 2. The molecule has 0 aliphatic carbocycles. The number of hydrogen-bond acceptors (Lipinski definition) is 4. The number of benzene rings is 2. The number of alkyl halides is 3. The summed E-state index contributed by atoms with van der Waals surface area (Å²) in [5.41, 5.74) is 2.71. The van der Waals surface area contributed by atoms with Crippen molar-refractivity contribution < 1.29 is 18.0 Å². The van der Waals surface area contributed by atoms with Crippen molar-refractivity contribution in [3.05, 3.63) is 70.8 Å². The summed E-state index contributed by atoms with van der Waals surface area (Å²) >= 11 is 0. The van der Waals surface area contributed by atoms with Gasteiger partial charge in [-0.2, -0.15) is 18.2 Å². The van der Waals surface area contributed by atoms with Crippen LogP contribution in [-0.2, 0) is 17.4 Å². The van der Waals surface area contributed by atoms with Crippen LogP contribution in [0.25, 0.3) is 16.6 Å². The van der Waals surface area contributed by atoms with Crippen molar-refractivity contribution >= 4 is 22.5 Å². The predicted molar refractivity (Wildman–Crippen MR) is 114 cm³/mol. The fourth-order valence-electron chi connectivity index (χ4n) is 3.80. The number of carbonyl (C=O) groups excluding carboxylic acids is 1. The van der Waals surface area contributed by atoms with Crippen molar-refractivity contribution in [1.82, 2.24) is 24.9 Å². The number of halogens is 3. The first-order valence-corrected chi connectivity index (χ1v) is 10.2. The van der Waals surface area contributed by atoms with Crippen molar-refractivity contribution in [2.45, 2.75) is 45.8 Å². The van der Waals surface area contributed by atoms with Gasteiger partial charge in [-0.3, -0.25) is 4.79 Å². The van der Waals surface area contributed by atoms with Crippen molar-refractivity contribution in [2.24, 2.45) is 0 Å². The molecule has 32 heavy (non-hydrogen) atoms. The molecule has 1 atom stereocenters. The van der Waals surface area contributed by atoms with E-state index in [1.54, 1.807) is 13.8 Å². The molecule has 166 valence electrons. The van der Waals surface area contributed by atoms with Crippen LogP contribution < -0.4 is 5.32 Å². The Morgan fingerprint density at radius 3 is 2.53 bits per heavy atom. The maximum atomic E-state index is 12.9. The van der Waals surface area contributed by atoms with Gasteiger partial charge in [0.2, 0.25) is 5.91 Å². The minimum absolute atomic E-state index is 0.106. The summed E-state index contributed by atoms with van der Waals surface area (Å²) in [5.74, 6) is -1.49. The van der Waals surface area contributed by atoms with Crippen molar-refractivity contribution in [2.75, 3.05) is 0 Å². The third kappa shape index (κ3) is 4.28. The van der Waals surface area contributed by atoms with E-state index in [4.69, 9.17) is 0 Å². The van der Waals surface area contributed by atoms with E-state index in [2.05, 4.69) is 26.4 Å². The highest BCUT2D eigenvalue weighted by Gasteiger charge is 2.37. The Kier molecular flexibility index (Phi) is 5.58. The number of nitrogens with one attached hydrogen (secondary N) is 1. The second-order valence-corrected chi connectivity index (χ2v) is 7.80. The van der Waals surface area contributed by atoms with Crippen LogP contribution in [0.5, 0.6) is 0 Å². The molecule has 0 aliphatic rings. The molecule has 2 aromatic carbocycles. The van der Waals surface area contributed by atoms with Crippen molar-refractivity contribution in [1.29, 1.82) is 0 Å². The molecule has 0 bridgehead atoms. The first-order valence-electron chi connectivity index (χ1n) is 10.2. The van der Waals surface area contributed by atoms with Crippen LogP contribution in [0.1, 0.15) is 47.7 Å². The van der Waals surface area contributed by atoms with E-state index in [9.17, 15) is 18.0 Å². The van der Waals surface area contributed by atoms with E-state index < -0.39 is 12.0 Å². The highest BCUT2D eigenvalue weighted by Crippen LogP contribution is 2.27. The summed E-state index contributed by atoms with van der Waals surface area (Å²) in [4.78, 5) is 20.2. The molecule has 6 nitrogen and oxygen atoms in total. The van der Waals surface area contributed by atoms with Crippen molar-refractivity contribution in [3.63, 3.8) is 0 Å². The van der Waals surface area contributed by atoms with E-state index in [-0.39, 0.29) is 24.1 Å². The molecule has 1 unspecified atom stereocenters. The summed E-state index contributed by atoms with van der Waals surface area (Å²) in [6.45, 7) is 5.27. The SMILES string of the molecule is Cc1nc2nc(C(F)(F)F)nn2c(C)c1CCC(=O)NC(C)c1ccc2ccccc2c1. The highest BCUT2D eigenvalue weighted by atomic mass is 19.4. The second kappa shape index (κ2) is 8.22. The zero-order chi connectivity index (χ0) is 23.0. The van der Waals surface area contributed by atoms with Gasteiger partial charge in [0.1, 0.15) is 0 Å². The quantitative estimate of drug-likeness (QED) is 0.486. The molecular formula is C23H22F3N5O. The molecule has 4 aromatic rings. The van der Waals surface area contributed by atoms with E-state index in [1.165, 1.54) is 0 Å². The minimum atomic E-state index is -4.65. The van der Waals surface area contributed by atoms with Crippen LogP contribution in [0.2, 0.25) is 0 Å². The zero-order valence-corrected chi connectivity index (χ0v) is 17.9. The number of aromatic nitrogens is 4. The monoisotopic (exact) mass is 441 g/mol. The molecule has 1 amide bonds. The lowest BCUT2D eigenvalue weighted by Gasteiger charge is -2.16. The van der Waals surface area contributed by atoms with Crippen LogP contribution in [0.3, 0.4) is 0 Å². The Labute approximate surface area is 182 Å². The van der Waals surface area contributed by atoms with E-state index in [1.807, 2.05) is 43.3 Å². The number of carbonyl (C=O) groups is 1. The summed E-state index contributed by atoms with van der Waals surface area (Å²) in [6.07, 6.45) is -4.14. The molecule has 0 aliphatic heterocycles. The van der Waals surface area contributed by atoms with Gasteiger partial charge >= 0.3 is 6.18 Å². The van der Waals surface area contributed by atoms with Crippen LogP contribution in [0.4, 0.5) is 13.2 Å². The molecule has 2 aromatic heterocycles. The van der Waals surface area contributed by atoms with Crippen LogP contribution in [0, 0.1) is 13.8 Å². The topological polar surface area (TPSA) is 72.2 Å². The fraction of sp³-hybridized carbons (Fsp3) is 0.304. The largest absolute Gasteiger partial charge is 0.453 e. The van der Waals surface area contributed by atoms with Gasteiger partial charge in [0.15, 0.2) is 0 Å². The number of rotatable bonds is 5.